The Labute approximate surface area is 122 Å². The van der Waals surface area contributed by atoms with E-state index in [1.807, 2.05) is 11.8 Å². The summed E-state index contributed by atoms with van der Waals surface area (Å²) in [4.78, 5) is 3.82. The molecular formula is C11H16ClN3O2S2. The minimum atomic E-state index is -3.56. The van der Waals surface area contributed by atoms with Crippen LogP contribution in [0.25, 0.3) is 0 Å². The first-order valence-electron chi connectivity index (χ1n) is 5.97. The van der Waals surface area contributed by atoms with Crippen molar-refractivity contribution in [1.82, 2.24) is 9.71 Å². The van der Waals surface area contributed by atoms with Gasteiger partial charge in [0.25, 0.3) is 0 Å². The highest BCUT2D eigenvalue weighted by molar-refractivity contribution is 7.99. The lowest BCUT2D eigenvalue weighted by Gasteiger charge is -2.21. The number of pyridine rings is 1. The van der Waals surface area contributed by atoms with Crippen LogP contribution >= 0.6 is 23.4 Å². The molecule has 5 nitrogen and oxygen atoms in total. The Hall–Kier alpha value is -0.500. The van der Waals surface area contributed by atoms with Crippen molar-refractivity contribution < 1.29 is 8.42 Å². The lowest BCUT2D eigenvalue weighted by atomic mass is 10.0. The van der Waals surface area contributed by atoms with Crippen molar-refractivity contribution in [1.29, 1.82) is 0 Å². The highest BCUT2D eigenvalue weighted by Crippen LogP contribution is 2.23. The maximum absolute atomic E-state index is 12.1. The van der Waals surface area contributed by atoms with Gasteiger partial charge < -0.3 is 5.73 Å². The van der Waals surface area contributed by atoms with Crippen LogP contribution in [0.4, 0.5) is 5.82 Å². The summed E-state index contributed by atoms with van der Waals surface area (Å²) >= 11 is 7.70. The van der Waals surface area contributed by atoms with Crippen molar-refractivity contribution >= 4 is 39.2 Å². The van der Waals surface area contributed by atoms with Crippen LogP contribution in [-0.4, -0.2) is 31.5 Å². The van der Waals surface area contributed by atoms with Gasteiger partial charge in [0, 0.05) is 12.7 Å². The van der Waals surface area contributed by atoms with E-state index in [2.05, 4.69) is 9.71 Å². The van der Waals surface area contributed by atoms with E-state index in [1.165, 1.54) is 12.3 Å². The van der Waals surface area contributed by atoms with Crippen LogP contribution in [0.1, 0.15) is 12.8 Å². The molecule has 1 aromatic heterocycles. The number of nitrogens with zero attached hydrogens (tertiary/aromatic N) is 1. The quantitative estimate of drug-likeness (QED) is 0.882. The van der Waals surface area contributed by atoms with E-state index in [0.717, 1.165) is 24.3 Å². The molecule has 0 saturated carbocycles. The number of hydrogen-bond donors (Lipinski definition) is 2. The first-order valence-corrected chi connectivity index (χ1v) is 8.99. The highest BCUT2D eigenvalue weighted by atomic mass is 35.5. The van der Waals surface area contributed by atoms with Gasteiger partial charge >= 0.3 is 0 Å². The number of nitrogens with two attached hydrogens (primary N) is 1. The van der Waals surface area contributed by atoms with Crippen LogP contribution < -0.4 is 10.5 Å². The van der Waals surface area contributed by atoms with Crippen molar-refractivity contribution in [3.05, 3.63) is 17.3 Å². The summed E-state index contributed by atoms with van der Waals surface area (Å²) in [5, 5.41) is 0.150. The van der Waals surface area contributed by atoms with Gasteiger partial charge in [-0.1, -0.05) is 11.6 Å². The van der Waals surface area contributed by atoms with Gasteiger partial charge in [0.2, 0.25) is 10.0 Å². The van der Waals surface area contributed by atoms with Gasteiger partial charge in [-0.05, 0) is 36.3 Å². The van der Waals surface area contributed by atoms with Crippen LogP contribution in [-0.2, 0) is 10.0 Å². The molecule has 106 valence electrons. The Balaban J connectivity index is 2.02. The summed E-state index contributed by atoms with van der Waals surface area (Å²) in [6, 6.07) is 1.32. The predicted molar refractivity (Wildman–Crippen MR) is 78.9 cm³/mol. The second kappa shape index (κ2) is 6.30. The third kappa shape index (κ3) is 3.98. The van der Waals surface area contributed by atoms with E-state index < -0.39 is 10.0 Å². The second-order valence-corrected chi connectivity index (χ2v) is 7.84. The standard InChI is InChI=1S/C11H16ClN3O2S2/c12-10-5-9(7-14-11(10)13)19(16,17)15-6-8-1-3-18-4-2-8/h5,7-8,15H,1-4,6H2,(H2,13,14). The van der Waals surface area contributed by atoms with E-state index in [0.29, 0.717) is 12.5 Å². The van der Waals surface area contributed by atoms with Crippen molar-refractivity contribution in [2.45, 2.75) is 17.7 Å². The lowest BCUT2D eigenvalue weighted by Crippen LogP contribution is -2.31. The van der Waals surface area contributed by atoms with E-state index in [1.54, 1.807) is 0 Å². The molecule has 0 bridgehead atoms. The van der Waals surface area contributed by atoms with Crippen molar-refractivity contribution in [2.24, 2.45) is 5.92 Å². The van der Waals surface area contributed by atoms with E-state index in [-0.39, 0.29) is 15.7 Å². The van der Waals surface area contributed by atoms with E-state index >= 15 is 0 Å². The molecule has 2 rings (SSSR count). The molecule has 0 aliphatic carbocycles. The summed E-state index contributed by atoms with van der Waals surface area (Å²) < 4.78 is 26.8. The van der Waals surface area contributed by atoms with Crippen LogP contribution in [0.3, 0.4) is 0 Å². The smallest absolute Gasteiger partial charge is 0.242 e. The molecule has 19 heavy (non-hydrogen) atoms. The maximum Gasteiger partial charge on any atom is 0.242 e. The SMILES string of the molecule is Nc1ncc(S(=O)(=O)NCC2CCSCC2)cc1Cl. The largest absolute Gasteiger partial charge is 0.382 e. The van der Waals surface area contributed by atoms with Gasteiger partial charge in [-0.3, -0.25) is 0 Å². The molecule has 0 aromatic carbocycles. The molecule has 2 heterocycles. The second-order valence-electron chi connectivity index (χ2n) is 4.45. The molecule has 0 spiro atoms. The number of halogens is 1. The third-order valence-corrected chi connectivity index (χ3v) is 5.80. The molecule has 1 fully saturated rings. The number of nitrogens with one attached hydrogen (secondary N) is 1. The monoisotopic (exact) mass is 321 g/mol. The maximum atomic E-state index is 12.1. The fourth-order valence-corrected chi connectivity index (χ4v) is 4.36. The topological polar surface area (TPSA) is 85.1 Å². The fourth-order valence-electron chi connectivity index (χ4n) is 1.84. The number of anilines is 1. The first-order chi connectivity index (χ1) is 8.99. The van der Waals surface area contributed by atoms with Crippen molar-refractivity contribution in [3.8, 4) is 0 Å². The molecule has 3 N–H and O–H groups in total. The van der Waals surface area contributed by atoms with Crippen molar-refractivity contribution in [3.63, 3.8) is 0 Å². The van der Waals surface area contributed by atoms with Gasteiger partial charge in [0.05, 0.1) is 5.02 Å². The number of nitrogen functional groups attached to an aromatic ring is 1. The minimum Gasteiger partial charge on any atom is -0.382 e. The zero-order valence-corrected chi connectivity index (χ0v) is 12.7. The van der Waals surface area contributed by atoms with Crippen LogP contribution in [0.5, 0.6) is 0 Å². The minimum absolute atomic E-state index is 0.0527. The van der Waals surface area contributed by atoms with Crippen LogP contribution in [0, 0.1) is 5.92 Å². The Morgan fingerprint density at radius 1 is 1.47 bits per heavy atom. The van der Waals surface area contributed by atoms with Gasteiger partial charge in [-0.15, -0.1) is 0 Å². The zero-order valence-electron chi connectivity index (χ0n) is 10.3. The molecule has 8 heteroatoms. The first kappa shape index (κ1) is 14.9. The van der Waals surface area contributed by atoms with Gasteiger partial charge in [0.15, 0.2) is 0 Å². The molecule has 0 unspecified atom stereocenters. The molecule has 1 aliphatic heterocycles. The van der Waals surface area contributed by atoms with Crippen molar-refractivity contribution in [2.75, 3.05) is 23.8 Å². The average Bonchev–Trinajstić information content (AvgIpc) is 2.41. The molecule has 1 aliphatic rings. The normalized spacial score (nSPS) is 17.5. The summed E-state index contributed by atoms with van der Waals surface area (Å²) in [7, 11) is -3.56. The Morgan fingerprint density at radius 2 is 2.16 bits per heavy atom. The Morgan fingerprint density at radius 3 is 2.79 bits per heavy atom. The molecule has 0 radical (unpaired) electrons. The lowest BCUT2D eigenvalue weighted by molar-refractivity contribution is 0.476. The number of aromatic nitrogens is 1. The van der Waals surface area contributed by atoms with E-state index in [4.69, 9.17) is 17.3 Å². The Bertz CT molecular complexity index is 545. The molecule has 1 saturated heterocycles. The summed E-state index contributed by atoms with van der Waals surface area (Å²) in [5.74, 6) is 2.74. The van der Waals surface area contributed by atoms with Gasteiger partial charge in [-0.25, -0.2) is 18.1 Å². The number of thioether (sulfide) groups is 1. The average molecular weight is 322 g/mol. The number of rotatable bonds is 4. The van der Waals surface area contributed by atoms with Crippen LogP contribution in [0.2, 0.25) is 5.02 Å². The van der Waals surface area contributed by atoms with Gasteiger partial charge in [-0.2, -0.15) is 11.8 Å². The molecule has 0 amide bonds. The number of hydrogen-bond acceptors (Lipinski definition) is 5. The van der Waals surface area contributed by atoms with E-state index in [9.17, 15) is 8.42 Å². The fraction of sp³-hybridized carbons (Fsp3) is 0.545. The van der Waals surface area contributed by atoms with Gasteiger partial charge in [0.1, 0.15) is 10.7 Å². The summed E-state index contributed by atoms with van der Waals surface area (Å²) in [5.41, 5.74) is 5.46. The molecular weight excluding hydrogens is 306 g/mol. The highest BCUT2D eigenvalue weighted by Gasteiger charge is 2.20. The molecule has 0 atom stereocenters. The van der Waals surface area contributed by atoms with Crippen LogP contribution in [0.15, 0.2) is 17.2 Å². The number of sulfonamides is 1. The zero-order chi connectivity index (χ0) is 13.9. The summed E-state index contributed by atoms with van der Waals surface area (Å²) in [6.07, 6.45) is 3.32. The predicted octanol–water partition coefficient (Wildman–Crippen LogP) is 1.74. The molecule has 1 aromatic rings. The third-order valence-electron chi connectivity index (χ3n) is 3.06. The summed E-state index contributed by atoms with van der Waals surface area (Å²) in [6.45, 7) is 0.463. The Kier molecular flexibility index (Phi) is 4.94.